The fraction of sp³-hybridized carbons (Fsp3) is 0.118. The summed E-state index contributed by atoms with van der Waals surface area (Å²) in [5, 5.41) is 18.5. The van der Waals surface area contributed by atoms with Crippen molar-refractivity contribution >= 4 is 5.70 Å². The van der Waals surface area contributed by atoms with Crippen LogP contribution in [0.4, 0.5) is 0 Å². The Labute approximate surface area is 317 Å². The second-order valence-corrected chi connectivity index (χ2v) is 15.2. The van der Waals surface area contributed by atoms with Crippen LogP contribution in [0.3, 0.4) is 0 Å². The number of rotatable bonds is 4. The van der Waals surface area contributed by atoms with Gasteiger partial charge in [0, 0.05) is 11.1 Å². The molecule has 0 radical (unpaired) electrons. The van der Waals surface area contributed by atoms with Crippen molar-refractivity contribution in [2.45, 2.75) is 36.9 Å². The van der Waals surface area contributed by atoms with Crippen LogP contribution in [0.1, 0.15) is 81.7 Å². The van der Waals surface area contributed by atoms with Crippen molar-refractivity contribution in [2.24, 2.45) is 0 Å². The molecule has 3 heteroatoms. The van der Waals surface area contributed by atoms with Gasteiger partial charge in [0.25, 0.3) is 0 Å². The van der Waals surface area contributed by atoms with Crippen molar-refractivity contribution < 1.29 is 0 Å². The molecule has 0 fully saturated rings. The van der Waals surface area contributed by atoms with Crippen LogP contribution in [0.5, 0.6) is 0 Å². The summed E-state index contributed by atoms with van der Waals surface area (Å²) in [4.78, 5) is 0. The van der Waals surface area contributed by atoms with Crippen LogP contribution in [0.15, 0.2) is 176 Å². The fourth-order valence-electron chi connectivity index (χ4n) is 9.53. The van der Waals surface area contributed by atoms with E-state index in [0.717, 1.165) is 22.4 Å². The maximum atomic E-state index is 9.62. The van der Waals surface area contributed by atoms with Gasteiger partial charge in [-0.15, -0.1) is 0 Å². The van der Waals surface area contributed by atoms with Crippen LogP contribution in [0.2, 0.25) is 0 Å². The highest BCUT2D eigenvalue weighted by Gasteiger charge is 2.53. The van der Waals surface area contributed by atoms with E-state index in [4.69, 9.17) is 5.32 Å². The molecule has 0 saturated carbocycles. The maximum Gasteiger partial charge on any atom is 0.0991 e. The molecule has 0 saturated heterocycles. The molecule has 1 heterocycles. The van der Waals surface area contributed by atoms with E-state index in [0.29, 0.717) is 5.56 Å². The number of nitrogens with one attached hydrogen (secondary N) is 1. The molecule has 3 aliphatic rings. The Morgan fingerprint density at radius 3 is 1.80 bits per heavy atom. The highest BCUT2D eigenvalue weighted by Crippen LogP contribution is 2.63. The highest BCUT2D eigenvalue weighted by atomic mass is 15.2. The molecule has 258 valence electrons. The first-order chi connectivity index (χ1) is 26.5. The molecule has 2 unspecified atom stereocenters. The van der Waals surface area contributed by atoms with E-state index in [1.807, 2.05) is 24.3 Å². The molecule has 7 aromatic rings. The topological polar surface area (TPSA) is 49.9 Å². The second kappa shape index (κ2) is 12.3. The van der Waals surface area contributed by atoms with Gasteiger partial charge in [-0.25, -0.2) is 0 Å². The van der Waals surface area contributed by atoms with Gasteiger partial charge in [-0.3, -0.25) is 0 Å². The molecule has 0 aromatic heterocycles. The van der Waals surface area contributed by atoms with Gasteiger partial charge < -0.3 is 10.6 Å². The molecule has 7 aromatic carbocycles. The highest BCUT2D eigenvalue weighted by molar-refractivity contribution is 5.96. The number of hydrogen-bond donors (Lipinski definition) is 1. The van der Waals surface area contributed by atoms with Crippen LogP contribution in [0.25, 0.3) is 33.3 Å². The zero-order valence-electron chi connectivity index (χ0n) is 30.3. The third-order valence-corrected chi connectivity index (χ3v) is 12.0. The van der Waals surface area contributed by atoms with Gasteiger partial charge in [0.1, 0.15) is 0 Å². The summed E-state index contributed by atoms with van der Waals surface area (Å²) in [6.45, 7) is 4.74. The normalized spacial score (nSPS) is 18.3. The molecule has 0 amide bonds. The van der Waals surface area contributed by atoms with E-state index in [9.17, 15) is 5.26 Å². The summed E-state index contributed by atoms with van der Waals surface area (Å²) in [6, 6.07) is 63.4. The predicted molar refractivity (Wildman–Crippen MR) is 219 cm³/mol. The standard InChI is InChI=1S/C51H38N3/c1-50(2)41-21-8-10-23-43(41)51(44-24-11-9-22-42(44)50)40-20-7-6-18-39(40)48-38(19-13-25-45(48)51)34-26-28-35(29-27-34)46-31-47(37-17-12-14-33(30-37)32-52)54-49(53-46)36-15-4-3-5-16-36/h3-31,47,49,53H,1-2H3/q-1. The van der Waals surface area contributed by atoms with E-state index in [1.54, 1.807) is 0 Å². The first-order valence-corrected chi connectivity index (χ1v) is 18.8. The number of benzene rings is 7. The lowest BCUT2D eigenvalue weighted by Crippen LogP contribution is -2.40. The van der Waals surface area contributed by atoms with Gasteiger partial charge in [0.15, 0.2) is 0 Å². The number of hydrogen-bond acceptors (Lipinski definition) is 2. The van der Waals surface area contributed by atoms with Crippen molar-refractivity contribution in [2.75, 3.05) is 0 Å². The zero-order valence-corrected chi connectivity index (χ0v) is 30.3. The van der Waals surface area contributed by atoms with Gasteiger partial charge in [-0.05, 0) is 85.1 Å². The summed E-state index contributed by atoms with van der Waals surface area (Å²) >= 11 is 0. The van der Waals surface area contributed by atoms with Gasteiger partial charge in [-0.2, -0.15) is 5.26 Å². The minimum atomic E-state index is -0.421. The SMILES string of the molecule is CC1(C)c2ccccc2C2(c3ccccc3-c3c(-c4ccc(C5=CC(c6cccc(C#N)c6)[N-]C(c6ccccc6)N5)cc4)cccc32)c2ccccc21. The summed E-state index contributed by atoms with van der Waals surface area (Å²) in [6.07, 6.45) is 1.96. The minimum Gasteiger partial charge on any atom is -0.629 e. The molecule has 1 spiro atoms. The number of fused-ring (bicyclic) bond motifs is 9. The smallest absolute Gasteiger partial charge is 0.0991 e. The quantitative estimate of drug-likeness (QED) is 0.200. The van der Waals surface area contributed by atoms with Crippen molar-refractivity contribution in [3.8, 4) is 28.3 Å². The van der Waals surface area contributed by atoms with Crippen LogP contribution in [0, 0.1) is 11.3 Å². The Bertz CT molecular complexity index is 2610. The lowest BCUT2D eigenvalue weighted by atomic mass is 9.55. The van der Waals surface area contributed by atoms with Crippen LogP contribution >= 0.6 is 0 Å². The second-order valence-electron chi connectivity index (χ2n) is 15.2. The van der Waals surface area contributed by atoms with Gasteiger partial charge in [0.2, 0.25) is 0 Å². The van der Waals surface area contributed by atoms with Crippen LogP contribution in [-0.2, 0) is 10.8 Å². The minimum absolute atomic E-state index is 0.129. The lowest BCUT2D eigenvalue weighted by Gasteiger charge is -2.46. The Morgan fingerprint density at radius 2 is 1.09 bits per heavy atom. The molecule has 0 bridgehead atoms. The Balaban J connectivity index is 1.11. The van der Waals surface area contributed by atoms with Crippen molar-refractivity contribution in [3.63, 3.8) is 0 Å². The average Bonchev–Trinajstić information content (AvgIpc) is 3.54. The van der Waals surface area contributed by atoms with E-state index in [2.05, 4.69) is 177 Å². The van der Waals surface area contributed by atoms with Crippen molar-refractivity contribution in [3.05, 3.63) is 237 Å². The van der Waals surface area contributed by atoms with Crippen LogP contribution in [-0.4, -0.2) is 0 Å². The Morgan fingerprint density at radius 1 is 0.537 bits per heavy atom. The maximum absolute atomic E-state index is 9.62. The average molecular weight is 693 g/mol. The number of nitrogens with zero attached hydrogens (tertiary/aromatic N) is 2. The molecular formula is C51H38N3-. The lowest BCUT2D eigenvalue weighted by molar-refractivity contribution is 0.563. The molecule has 54 heavy (non-hydrogen) atoms. The van der Waals surface area contributed by atoms with Crippen molar-refractivity contribution in [1.82, 2.24) is 5.32 Å². The van der Waals surface area contributed by atoms with Gasteiger partial charge >= 0.3 is 0 Å². The first kappa shape index (κ1) is 32.2. The third kappa shape index (κ3) is 4.70. The molecule has 2 aliphatic carbocycles. The molecular weight excluding hydrogens is 655 g/mol. The van der Waals surface area contributed by atoms with Crippen molar-refractivity contribution in [1.29, 1.82) is 5.26 Å². The van der Waals surface area contributed by atoms with E-state index in [-0.39, 0.29) is 17.6 Å². The monoisotopic (exact) mass is 692 g/mol. The van der Waals surface area contributed by atoms with E-state index in [1.165, 1.54) is 55.6 Å². The van der Waals surface area contributed by atoms with Gasteiger partial charge in [0.05, 0.1) is 17.0 Å². The van der Waals surface area contributed by atoms with E-state index >= 15 is 0 Å². The Kier molecular flexibility index (Phi) is 7.34. The molecule has 1 aliphatic heterocycles. The molecule has 2 atom stereocenters. The predicted octanol–water partition coefficient (Wildman–Crippen LogP) is 12.0. The molecule has 1 N–H and O–H groups in total. The largest absolute Gasteiger partial charge is 0.629 e. The van der Waals surface area contributed by atoms with Crippen LogP contribution < -0.4 is 5.32 Å². The third-order valence-electron chi connectivity index (χ3n) is 12.0. The van der Waals surface area contributed by atoms with E-state index < -0.39 is 5.41 Å². The summed E-state index contributed by atoms with van der Waals surface area (Å²) < 4.78 is 0. The summed E-state index contributed by atoms with van der Waals surface area (Å²) in [5.74, 6) is 0. The Hall–Kier alpha value is -6.47. The fourth-order valence-corrected chi connectivity index (χ4v) is 9.53. The zero-order chi connectivity index (χ0) is 36.4. The number of nitriles is 1. The first-order valence-electron chi connectivity index (χ1n) is 18.8. The van der Waals surface area contributed by atoms with Gasteiger partial charge in [-0.1, -0.05) is 189 Å². The molecule has 10 rings (SSSR count). The summed E-state index contributed by atoms with van der Waals surface area (Å²) in [7, 11) is 0. The molecule has 3 nitrogen and oxygen atoms in total. The summed E-state index contributed by atoms with van der Waals surface area (Å²) in [5.41, 5.74) is 17.5.